The van der Waals surface area contributed by atoms with E-state index in [0.717, 1.165) is 29.8 Å². The number of rotatable bonds is 6. The van der Waals surface area contributed by atoms with Gasteiger partial charge in [0.25, 0.3) is 11.8 Å². The number of nitrogens with one attached hydrogen (secondary N) is 1. The summed E-state index contributed by atoms with van der Waals surface area (Å²) in [7, 11) is 0. The van der Waals surface area contributed by atoms with Crippen LogP contribution in [-0.4, -0.2) is 58.6 Å². The predicted octanol–water partition coefficient (Wildman–Crippen LogP) is 1.18. The van der Waals surface area contributed by atoms with Gasteiger partial charge in [0.1, 0.15) is 6.04 Å². The molecule has 0 aromatic heterocycles. The van der Waals surface area contributed by atoms with E-state index in [1.807, 2.05) is 6.07 Å². The Balaban J connectivity index is 1.61. The van der Waals surface area contributed by atoms with Crippen LogP contribution < -0.4 is 11.1 Å². The van der Waals surface area contributed by atoms with Crippen molar-refractivity contribution in [1.82, 2.24) is 15.1 Å². The molecule has 1 aliphatic carbocycles. The molecule has 8 nitrogen and oxygen atoms in total. The minimum Gasteiger partial charge on any atom is -0.329 e. The van der Waals surface area contributed by atoms with Crippen molar-refractivity contribution in [2.75, 3.05) is 13.1 Å². The van der Waals surface area contributed by atoms with Gasteiger partial charge in [0.2, 0.25) is 11.8 Å². The van der Waals surface area contributed by atoms with Crippen LogP contribution in [0.3, 0.4) is 0 Å². The fraction of sp³-hybridized carbons (Fsp3) is 0.545. The molecule has 4 rings (SSSR count). The van der Waals surface area contributed by atoms with Crippen LogP contribution >= 0.6 is 0 Å². The lowest BCUT2D eigenvalue weighted by Crippen LogP contribution is -2.54. The van der Waals surface area contributed by atoms with Gasteiger partial charge >= 0.3 is 0 Å². The van der Waals surface area contributed by atoms with Gasteiger partial charge in [-0.1, -0.05) is 31.4 Å². The van der Waals surface area contributed by atoms with E-state index in [4.69, 9.17) is 5.73 Å². The van der Waals surface area contributed by atoms with Crippen molar-refractivity contribution in [1.29, 1.82) is 0 Å². The van der Waals surface area contributed by atoms with Crippen molar-refractivity contribution in [3.8, 4) is 0 Å². The molecule has 4 amide bonds. The first-order valence-corrected chi connectivity index (χ1v) is 10.8. The van der Waals surface area contributed by atoms with Gasteiger partial charge in [-0.2, -0.15) is 0 Å². The van der Waals surface area contributed by atoms with Gasteiger partial charge in [0.05, 0.1) is 11.1 Å². The smallest absolute Gasteiger partial charge is 0.262 e. The first-order valence-electron chi connectivity index (χ1n) is 10.8. The molecule has 1 saturated heterocycles. The summed E-state index contributed by atoms with van der Waals surface area (Å²) in [6.45, 7) is 1.81. The summed E-state index contributed by atoms with van der Waals surface area (Å²) >= 11 is 0. The fourth-order valence-electron chi connectivity index (χ4n) is 4.94. The van der Waals surface area contributed by atoms with E-state index in [2.05, 4.69) is 10.2 Å². The molecular weight excluding hydrogens is 384 g/mol. The normalized spacial score (nSPS) is 22.6. The van der Waals surface area contributed by atoms with Crippen LogP contribution in [0.5, 0.6) is 0 Å². The highest BCUT2D eigenvalue weighted by Crippen LogP contribution is 2.31. The summed E-state index contributed by atoms with van der Waals surface area (Å²) in [6.07, 6.45) is 6.14. The average molecular weight is 412 g/mol. The van der Waals surface area contributed by atoms with E-state index >= 15 is 0 Å². The van der Waals surface area contributed by atoms with Crippen LogP contribution in [0.2, 0.25) is 0 Å². The van der Waals surface area contributed by atoms with Gasteiger partial charge in [0, 0.05) is 32.1 Å². The van der Waals surface area contributed by atoms with E-state index < -0.39 is 23.8 Å². The number of nitrogens with zero attached hydrogens (tertiary/aromatic N) is 2. The van der Waals surface area contributed by atoms with Gasteiger partial charge in [0.15, 0.2) is 0 Å². The number of hydrogen-bond acceptors (Lipinski definition) is 6. The minimum absolute atomic E-state index is 0.114. The second-order valence-electron chi connectivity index (χ2n) is 8.34. The quantitative estimate of drug-likeness (QED) is 0.679. The number of nitrogens with two attached hydrogens (primary N) is 1. The first kappa shape index (κ1) is 20.7. The number of imide groups is 2. The second kappa shape index (κ2) is 8.65. The lowest BCUT2D eigenvalue weighted by molar-refractivity contribution is -0.136. The summed E-state index contributed by atoms with van der Waals surface area (Å²) in [4.78, 5) is 53.4. The highest BCUT2D eigenvalue weighted by molar-refractivity contribution is 6.24. The second-order valence-corrected chi connectivity index (χ2v) is 8.34. The maximum absolute atomic E-state index is 13.3. The molecule has 1 saturated carbocycles. The van der Waals surface area contributed by atoms with Crippen LogP contribution in [0.1, 0.15) is 71.2 Å². The Hall–Kier alpha value is -2.58. The van der Waals surface area contributed by atoms with E-state index in [0.29, 0.717) is 30.3 Å². The molecule has 1 aromatic carbocycles. The van der Waals surface area contributed by atoms with Crippen molar-refractivity contribution < 1.29 is 19.2 Å². The van der Waals surface area contributed by atoms with Crippen LogP contribution in [0.15, 0.2) is 18.2 Å². The molecule has 30 heavy (non-hydrogen) atoms. The lowest BCUT2D eigenvalue weighted by Gasteiger charge is -2.34. The number of hydrogen-bond donors (Lipinski definition) is 2. The molecular formula is C22H28N4O4. The van der Waals surface area contributed by atoms with Crippen LogP contribution in [0.25, 0.3) is 0 Å². The van der Waals surface area contributed by atoms with Gasteiger partial charge in [-0.25, -0.2) is 0 Å². The Labute approximate surface area is 175 Å². The zero-order valence-electron chi connectivity index (χ0n) is 17.1. The first-order chi connectivity index (χ1) is 14.5. The molecule has 2 heterocycles. The molecule has 2 fully saturated rings. The zero-order chi connectivity index (χ0) is 21.3. The van der Waals surface area contributed by atoms with Gasteiger partial charge in [-0.05, 0) is 30.9 Å². The maximum atomic E-state index is 13.3. The number of carbonyl (C=O) groups excluding carboxylic acids is 4. The van der Waals surface area contributed by atoms with E-state index in [-0.39, 0.29) is 18.7 Å². The summed E-state index contributed by atoms with van der Waals surface area (Å²) in [5, 5.41) is 2.23. The Bertz CT molecular complexity index is 878. The highest BCUT2D eigenvalue weighted by Gasteiger charge is 2.45. The number of amides is 4. The predicted molar refractivity (Wildman–Crippen MR) is 109 cm³/mol. The standard InChI is InChI=1S/C22H28N4O4/c23-11-12-25(15-6-2-1-3-7-15)13-14-5-4-8-16-19(14)22(30)26(21(16)29)17-9-10-18(27)24-20(17)28/h4-5,8,15,17H,1-3,6-7,9-13,23H2,(H,24,27,28). The van der Waals surface area contributed by atoms with Crippen LogP contribution in [-0.2, 0) is 16.1 Å². The summed E-state index contributed by atoms with van der Waals surface area (Å²) < 4.78 is 0. The van der Waals surface area contributed by atoms with Crippen LogP contribution in [0.4, 0.5) is 0 Å². The molecule has 3 aliphatic rings. The van der Waals surface area contributed by atoms with Gasteiger partial charge in [-0.15, -0.1) is 0 Å². The lowest BCUT2D eigenvalue weighted by atomic mass is 9.93. The van der Waals surface area contributed by atoms with Gasteiger partial charge < -0.3 is 5.73 Å². The SMILES string of the molecule is NCCN(Cc1cccc2c1C(=O)N(C1CCC(=O)NC1=O)C2=O)C1CCCCC1. The number of benzene rings is 1. The largest absolute Gasteiger partial charge is 0.329 e. The summed E-state index contributed by atoms with van der Waals surface area (Å²) in [6, 6.07) is 4.79. The van der Waals surface area contributed by atoms with E-state index in [9.17, 15) is 19.2 Å². The highest BCUT2D eigenvalue weighted by atomic mass is 16.2. The molecule has 0 spiro atoms. The average Bonchev–Trinajstić information content (AvgIpc) is 3.00. The minimum atomic E-state index is -0.943. The van der Waals surface area contributed by atoms with Crippen molar-refractivity contribution in [2.24, 2.45) is 5.73 Å². The monoisotopic (exact) mass is 412 g/mol. The fourth-order valence-corrected chi connectivity index (χ4v) is 4.94. The van der Waals surface area contributed by atoms with Crippen LogP contribution in [0, 0.1) is 0 Å². The van der Waals surface area contributed by atoms with Gasteiger partial charge in [-0.3, -0.25) is 34.3 Å². The molecule has 0 bridgehead atoms. The Kier molecular flexibility index (Phi) is 5.97. The molecule has 160 valence electrons. The van der Waals surface area contributed by atoms with Crippen molar-refractivity contribution >= 4 is 23.6 Å². The number of piperidine rings is 1. The zero-order valence-corrected chi connectivity index (χ0v) is 17.1. The molecule has 8 heteroatoms. The molecule has 1 atom stereocenters. The Morgan fingerprint density at radius 3 is 2.50 bits per heavy atom. The maximum Gasteiger partial charge on any atom is 0.262 e. The van der Waals surface area contributed by atoms with Crippen molar-refractivity contribution in [2.45, 2.75) is 63.6 Å². The topological polar surface area (TPSA) is 113 Å². The molecule has 2 aliphatic heterocycles. The molecule has 3 N–H and O–H groups in total. The summed E-state index contributed by atoms with van der Waals surface area (Å²) in [5.74, 6) is -1.88. The Morgan fingerprint density at radius 1 is 1.03 bits per heavy atom. The molecule has 1 unspecified atom stereocenters. The third kappa shape index (κ3) is 3.77. The van der Waals surface area contributed by atoms with E-state index in [1.54, 1.807) is 12.1 Å². The number of fused-ring (bicyclic) bond motifs is 1. The number of carbonyl (C=O) groups is 4. The van der Waals surface area contributed by atoms with Crippen molar-refractivity contribution in [3.05, 3.63) is 34.9 Å². The summed E-state index contributed by atoms with van der Waals surface area (Å²) in [5.41, 5.74) is 7.36. The molecule has 1 aromatic rings. The van der Waals surface area contributed by atoms with E-state index in [1.165, 1.54) is 19.3 Å². The molecule has 0 radical (unpaired) electrons. The third-order valence-electron chi connectivity index (χ3n) is 6.44. The van der Waals surface area contributed by atoms with Crippen molar-refractivity contribution in [3.63, 3.8) is 0 Å². The Morgan fingerprint density at radius 2 is 1.80 bits per heavy atom. The third-order valence-corrected chi connectivity index (χ3v) is 6.44.